The van der Waals surface area contributed by atoms with Crippen molar-refractivity contribution in [2.45, 2.75) is 58.3 Å². The van der Waals surface area contributed by atoms with Gasteiger partial charge in [-0.3, -0.25) is 0 Å². The average molecular weight is 376 g/mol. The van der Waals surface area contributed by atoms with Crippen LogP contribution in [0.4, 0.5) is 0 Å². The van der Waals surface area contributed by atoms with Crippen LogP contribution in [-0.4, -0.2) is 44.6 Å². The molecule has 1 atom stereocenters. The molecule has 0 radical (unpaired) electrons. The molecule has 0 amide bonds. The zero-order chi connectivity index (χ0) is 20.4. The van der Waals surface area contributed by atoms with Crippen LogP contribution in [0.25, 0.3) is 0 Å². The standard InChI is InChI=1S/C20H29BO6/c1-9-10-13(2)25-18(22)17-15(11-14(23-7)12-16(17)24-8)21-26-19(3,4)20(5,6)27-21/h9,11-13H,1,10H2,2-8H3. The van der Waals surface area contributed by atoms with Gasteiger partial charge in [0.2, 0.25) is 0 Å². The van der Waals surface area contributed by atoms with Gasteiger partial charge in [-0.1, -0.05) is 6.08 Å². The van der Waals surface area contributed by atoms with E-state index in [0.717, 1.165) is 0 Å². The summed E-state index contributed by atoms with van der Waals surface area (Å²) in [6.07, 6.45) is 1.95. The van der Waals surface area contributed by atoms with Crippen molar-refractivity contribution in [1.29, 1.82) is 0 Å². The van der Waals surface area contributed by atoms with Crippen molar-refractivity contribution >= 4 is 18.6 Å². The van der Waals surface area contributed by atoms with Crippen LogP contribution in [0.3, 0.4) is 0 Å². The van der Waals surface area contributed by atoms with Crippen LogP contribution in [0.15, 0.2) is 24.8 Å². The summed E-state index contributed by atoms with van der Waals surface area (Å²) in [5.74, 6) is 0.371. The van der Waals surface area contributed by atoms with E-state index in [0.29, 0.717) is 23.4 Å². The fraction of sp³-hybridized carbons (Fsp3) is 0.550. The van der Waals surface area contributed by atoms with Gasteiger partial charge in [-0.05, 0) is 40.7 Å². The van der Waals surface area contributed by atoms with Crippen molar-refractivity contribution in [1.82, 2.24) is 0 Å². The highest BCUT2D eigenvalue weighted by atomic mass is 16.7. The van der Waals surface area contributed by atoms with E-state index in [1.807, 2.05) is 34.6 Å². The van der Waals surface area contributed by atoms with Crippen LogP contribution >= 0.6 is 0 Å². The van der Waals surface area contributed by atoms with E-state index < -0.39 is 24.3 Å². The lowest BCUT2D eigenvalue weighted by molar-refractivity contribution is 0.00578. The molecule has 7 heteroatoms. The monoisotopic (exact) mass is 376 g/mol. The largest absolute Gasteiger partial charge is 0.497 e. The molecule has 1 aliphatic rings. The Morgan fingerprint density at radius 1 is 1.19 bits per heavy atom. The topological polar surface area (TPSA) is 63.2 Å². The molecular weight excluding hydrogens is 347 g/mol. The molecule has 0 aliphatic carbocycles. The Hall–Kier alpha value is -1.99. The van der Waals surface area contributed by atoms with E-state index in [-0.39, 0.29) is 11.7 Å². The molecule has 1 heterocycles. The highest BCUT2D eigenvalue weighted by Crippen LogP contribution is 2.38. The second-order valence-electron chi connectivity index (χ2n) is 7.62. The Morgan fingerprint density at radius 3 is 2.26 bits per heavy atom. The molecule has 1 saturated heterocycles. The molecule has 0 bridgehead atoms. The van der Waals surface area contributed by atoms with Crippen LogP contribution in [0.1, 0.15) is 51.4 Å². The van der Waals surface area contributed by atoms with Crippen LogP contribution < -0.4 is 14.9 Å². The summed E-state index contributed by atoms with van der Waals surface area (Å²) in [6.45, 7) is 13.3. The third-order valence-electron chi connectivity index (χ3n) is 5.08. The van der Waals surface area contributed by atoms with Gasteiger partial charge in [-0.25, -0.2) is 4.79 Å². The van der Waals surface area contributed by atoms with Crippen LogP contribution in [0.5, 0.6) is 11.5 Å². The SMILES string of the molecule is C=CCC(C)OC(=O)c1c(OC)cc(OC)cc1B1OC(C)(C)C(C)(C)O1. The summed E-state index contributed by atoms with van der Waals surface area (Å²) in [7, 11) is 2.29. The van der Waals surface area contributed by atoms with Gasteiger partial charge in [0.15, 0.2) is 0 Å². The van der Waals surface area contributed by atoms with E-state index in [9.17, 15) is 4.79 Å². The summed E-state index contributed by atoms with van der Waals surface area (Å²) >= 11 is 0. The van der Waals surface area contributed by atoms with Crippen molar-refractivity contribution < 1.29 is 28.3 Å². The fourth-order valence-corrected chi connectivity index (χ4v) is 2.79. The van der Waals surface area contributed by atoms with Gasteiger partial charge in [0.05, 0.1) is 25.4 Å². The number of rotatable bonds is 7. The fourth-order valence-electron chi connectivity index (χ4n) is 2.79. The number of carbonyl (C=O) groups is 1. The van der Waals surface area contributed by atoms with E-state index in [1.165, 1.54) is 7.11 Å². The number of ether oxygens (including phenoxy) is 3. The van der Waals surface area contributed by atoms with E-state index in [4.69, 9.17) is 23.5 Å². The van der Waals surface area contributed by atoms with E-state index in [2.05, 4.69) is 6.58 Å². The van der Waals surface area contributed by atoms with Gasteiger partial charge in [-0.15, -0.1) is 6.58 Å². The summed E-state index contributed by atoms with van der Waals surface area (Å²) in [5.41, 5.74) is -0.315. The number of methoxy groups -OCH3 is 2. The zero-order valence-corrected chi connectivity index (χ0v) is 17.3. The third-order valence-corrected chi connectivity index (χ3v) is 5.08. The summed E-state index contributed by atoms with van der Waals surface area (Å²) in [6, 6.07) is 3.36. The minimum absolute atomic E-state index is 0.271. The van der Waals surface area contributed by atoms with Crippen molar-refractivity contribution in [2.24, 2.45) is 0 Å². The quantitative estimate of drug-likeness (QED) is 0.414. The Morgan fingerprint density at radius 2 is 1.78 bits per heavy atom. The second-order valence-corrected chi connectivity index (χ2v) is 7.62. The number of esters is 1. The normalized spacial score (nSPS) is 18.7. The average Bonchev–Trinajstić information content (AvgIpc) is 2.81. The predicted molar refractivity (Wildman–Crippen MR) is 105 cm³/mol. The number of carbonyl (C=O) groups excluding carboxylic acids is 1. The molecule has 1 aromatic rings. The Kier molecular flexibility index (Phi) is 6.27. The lowest BCUT2D eigenvalue weighted by atomic mass is 9.75. The van der Waals surface area contributed by atoms with Gasteiger partial charge in [0, 0.05) is 17.9 Å². The maximum atomic E-state index is 12.9. The lowest BCUT2D eigenvalue weighted by Crippen LogP contribution is -2.41. The molecule has 0 saturated carbocycles. The van der Waals surface area contributed by atoms with Gasteiger partial charge in [0.1, 0.15) is 23.2 Å². The van der Waals surface area contributed by atoms with Crippen LogP contribution in [0, 0.1) is 0 Å². The maximum absolute atomic E-state index is 12.9. The first-order valence-corrected chi connectivity index (χ1v) is 8.99. The number of hydrogen-bond donors (Lipinski definition) is 0. The van der Waals surface area contributed by atoms with Gasteiger partial charge < -0.3 is 23.5 Å². The summed E-state index contributed by atoms with van der Waals surface area (Å²) in [4.78, 5) is 12.9. The zero-order valence-electron chi connectivity index (χ0n) is 17.3. The first-order chi connectivity index (χ1) is 12.6. The highest BCUT2D eigenvalue weighted by molar-refractivity contribution is 6.64. The predicted octanol–water partition coefficient (Wildman–Crippen LogP) is 3.12. The van der Waals surface area contributed by atoms with E-state index in [1.54, 1.807) is 25.3 Å². The second kappa shape index (κ2) is 7.94. The van der Waals surface area contributed by atoms with Gasteiger partial charge in [-0.2, -0.15) is 0 Å². The molecule has 1 aliphatic heterocycles. The highest BCUT2D eigenvalue weighted by Gasteiger charge is 2.53. The van der Waals surface area contributed by atoms with Gasteiger partial charge in [0.25, 0.3) is 0 Å². The summed E-state index contributed by atoms with van der Waals surface area (Å²) in [5, 5.41) is 0. The van der Waals surface area contributed by atoms with Crippen molar-refractivity contribution in [2.75, 3.05) is 14.2 Å². The number of benzene rings is 1. The molecule has 148 valence electrons. The van der Waals surface area contributed by atoms with Crippen molar-refractivity contribution in [3.8, 4) is 11.5 Å². The Balaban J connectivity index is 2.52. The molecule has 6 nitrogen and oxygen atoms in total. The minimum atomic E-state index is -0.753. The molecule has 2 rings (SSSR count). The molecule has 0 aromatic heterocycles. The summed E-state index contributed by atoms with van der Waals surface area (Å²) < 4.78 is 28.6. The smallest absolute Gasteiger partial charge is 0.496 e. The van der Waals surface area contributed by atoms with Crippen LogP contribution in [-0.2, 0) is 14.0 Å². The first kappa shape index (κ1) is 21.3. The Labute approximate surface area is 161 Å². The van der Waals surface area contributed by atoms with Crippen molar-refractivity contribution in [3.63, 3.8) is 0 Å². The van der Waals surface area contributed by atoms with E-state index >= 15 is 0 Å². The van der Waals surface area contributed by atoms with Crippen molar-refractivity contribution in [3.05, 3.63) is 30.4 Å². The number of hydrogen-bond acceptors (Lipinski definition) is 6. The molecular formula is C20H29BO6. The molecule has 1 aromatic carbocycles. The first-order valence-electron chi connectivity index (χ1n) is 8.99. The molecule has 1 unspecified atom stereocenters. The maximum Gasteiger partial charge on any atom is 0.496 e. The Bertz CT molecular complexity index is 697. The minimum Gasteiger partial charge on any atom is -0.497 e. The lowest BCUT2D eigenvalue weighted by Gasteiger charge is -2.32. The molecule has 27 heavy (non-hydrogen) atoms. The third kappa shape index (κ3) is 4.30. The van der Waals surface area contributed by atoms with Crippen LogP contribution in [0.2, 0.25) is 0 Å². The molecule has 0 spiro atoms. The van der Waals surface area contributed by atoms with Gasteiger partial charge >= 0.3 is 13.1 Å². The molecule has 1 fully saturated rings. The molecule has 0 N–H and O–H groups in total.